The van der Waals surface area contributed by atoms with Crippen molar-refractivity contribution in [3.63, 3.8) is 0 Å². The van der Waals surface area contributed by atoms with Gasteiger partial charge in [-0.25, -0.2) is 0 Å². The van der Waals surface area contributed by atoms with Crippen LogP contribution < -0.4 is 9.47 Å². The summed E-state index contributed by atoms with van der Waals surface area (Å²) in [6.45, 7) is 0. The maximum atomic E-state index is 12.0. The number of aromatic hydroxyl groups is 1. The predicted molar refractivity (Wildman–Crippen MR) is 107 cm³/mol. The minimum absolute atomic E-state index is 0.00770. The van der Waals surface area contributed by atoms with Gasteiger partial charge in [0.15, 0.2) is 17.3 Å². The first kappa shape index (κ1) is 20.4. The molecule has 28 heavy (non-hydrogen) atoms. The Morgan fingerprint density at radius 1 is 0.964 bits per heavy atom. The Bertz CT molecular complexity index is 959. The topological polar surface area (TPSA) is 105 Å². The van der Waals surface area contributed by atoms with Gasteiger partial charge in [-0.2, -0.15) is 0 Å². The molecule has 7 heteroatoms. The van der Waals surface area contributed by atoms with Crippen LogP contribution in [0.5, 0.6) is 17.2 Å². The standard InChI is InChI=1S/C21H19NO6/c1-27-20-11-14(5-9-18(20)22-26)3-7-16(23)13-17(24)8-4-15-6-10-19(25)21(12-15)28-2/h3-13,24-25H,1-2H3/b7-3+,8-4+,17-13-. The van der Waals surface area contributed by atoms with Gasteiger partial charge in [-0.15, -0.1) is 4.91 Å². The van der Waals surface area contributed by atoms with Crippen LogP contribution in [0.1, 0.15) is 11.1 Å². The first-order valence-electron chi connectivity index (χ1n) is 8.16. The number of phenols is 1. The molecule has 7 nitrogen and oxygen atoms in total. The number of ketones is 1. The van der Waals surface area contributed by atoms with Gasteiger partial charge in [0.05, 0.1) is 14.2 Å². The highest BCUT2D eigenvalue weighted by molar-refractivity contribution is 6.02. The van der Waals surface area contributed by atoms with Crippen LogP contribution in [0.25, 0.3) is 12.2 Å². The van der Waals surface area contributed by atoms with Gasteiger partial charge >= 0.3 is 0 Å². The second-order valence-electron chi connectivity index (χ2n) is 5.59. The summed E-state index contributed by atoms with van der Waals surface area (Å²) in [7, 11) is 2.85. The number of allylic oxidation sites excluding steroid dienone is 3. The number of nitrogens with zero attached hydrogens (tertiary/aromatic N) is 1. The van der Waals surface area contributed by atoms with Crippen LogP contribution in [0.4, 0.5) is 5.69 Å². The molecule has 0 fully saturated rings. The Balaban J connectivity index is 2.07. The lowest BCUT2D eigenvalue weighted by Gasteiger charge is -2.03. The van der Waals surface area contributed by atoms with Gasteiger partial charge < -0.3 is 19.7 Å². The lowest BCUT2D eigenvalue weighted by Crippen LogP contribution is -1.89. The van der Waals surface area contributed by atoms with E-state index in [0.717, 1.165) is 6.08 Å². The quantitative estimate of drug-likeness (QED) is 0.301. The van der Waals surface area contributed by atoms with E-state index in [1.54, 1.807) is 30.3 Å². The van der Waals surface area contributed by atoms with E-state index >= 15 is 0 Å². The summed E-state index contributed by atoms with van der Waals surface area (Å²) in [6, 6.07) is 9.36. The molecule has 0 amide bonds. The first-order chi connectivity index (χ1) is 13.5. The number of aliphatic hydroxyl groups is 1. The lowest BCUT2D eigenvalue weighted by atomic mass is 10.1. The molecule has 2 aromatic carbocycles. The average molecular weight is 381 g/mol. The van der Waals surface area contributed by atoms with Crippen molar-refractivity contribution in [3.05, 3.63) is 76.4 Å². The number of carbonyl (C=O) groups excluding carboxylic acids is 1. The SMILES string of the molecule is COc1cc(/C=C/C(O)=C/C(=O)/C=C/c2ccc(N=O)c(OC)c2)ccc1O. The van der Waals surface area contributed by atoms with Gasteiger partial charge in [0.25, 0.3) is 0 Å². The molecule has 2 rings (SSSR count). The second-order valence-corrected chi connectivity index (χ2v) is 5.59. The third-order valence-corrected chi connectivity index (χ3v) is 3.68. The fraction of sp³-hybridized carbons (Fsp3) is 0.0952. The molecule has 0 saturated heterocycles. The number of hydrogen-bond acceptors (Lipinski definition) is 7. The van der Waals surface area contributed by atoms with E-state index in [1.807, 2.05) is 0 Å². The van der Waals surface area contributed by atoms with E-state index < -0.39 is 5.78 Å². The molecule has 0 unspecified atom stereocenters. The molecule has 0 atom stereocenters. The van der Waals surface area contributed by atoms with Gasteiger partial charge in [0.2, 0.25) is 0 Å². The molecular weight excluding hydrogens is 362 g/mol. The van der Waals surface area contributed by atoms with E-state index in [9.17, 15) is 19.9 Å². The normalized spacial score (nSPS) is 11.7. The van der Waals surface area contributed by atoms with Crippen molar-refractivity contribution < 1.29 is 24.5 Å². The fourth-order valence-electron chi connectivity index (χ4n) is 2.27. The van der Waals surface area contributed by atoms with Crippen molar-refractivity contribution in [2.75, 3.05) is 14.2 Å². The first-order valence-corrected chi connectivity index (χ1v) is 8.16. The minimum Gasteiger partial charge on any atom is -0.508 e. The number of aliphatic hydroxyl groups excluding tert-OH is 1. The monoisotopic (exact) mass is 381 g/mol. The smallest absolute Gasteiger partial charge is 0.182 e. The van der Waals surface area contributed by atoms with Crippen molar-refractivity contribution in [3.8, 4) is 17.2 Å². The van der Waals surface area contributed by atoms with Crippen LogP contribution in [0, 0.1) is 4.91 Å². The fourth-order valence-corrected chi connectivity index (χ4v) is 2.27. The highest BCUT2D eigenvalue weighted by Crippen LogP contribution is 2.28. The van der Waals surface area contributed by atoms with Crippen LogP contribution in [0.3, 0.4) is 0 Å². The van der Waals surface area contributed by atoms with Gasteiger partial charge in [-0.05, 0) is 52.7 Å². The summed E-state index contributed by atoms with van der Waals surface area (Å²) in [5.74, 6) is -0.0545. The average Bonchev–Trinajstić information content (AvgIpc) is 2.71. The van der Waals surface area contributed by atoms with Crippen LogP contribution in [-0.4, -0.2) is 30.2 Å². The maximum Gasteiger partial charge on any atom is 0.182 e. The third kappa shape index (κ3) is 5.57. The zero-order chi connectivity index (χ0) is 20.5. The largest absolute Gasteiger partial charge is 0.508 e. The molecule has 0 aliphatic carbocycles. The van der Waals surface area contributed by atoms with Crippen molar-refractivity contribution in [2.24, 2.45) is 5.18 Å². The Morgan fingerprint density at radius 2 is 1.57 bits per heavy atom. The number of ether oxygens (including phenoxy) is 2. The molecule has 0 aliphatic heterocycles. The number of methoxy groups -OCH3 is 2. The predicted octanol–water partition coefficient (Wildman–Crippen LogP) is 4.54. The highest BCUT2D eigenvalue weighted by atomic mass is 16.5. The molecule has 0 bridgehead atoms. The van der Waals surface area contributed by atoms with Crippen LogP contribution in [0.15, 0.2) is 65.6 Å². The van der Waals surface area contributed by atoms with Crippen LogP contribution >= 0.6 is 0 Å². The number of rotatable bonds is 8. The molecule has 2 N–H and O–H groups in total. The Morgan fingerprint density at radius 3 is 2.21 bits per heavy atom. The van der Waals surface area contributed by atoms with Crippen molar-refractivity contribution in [1.29, 1.82) is 0 Å². The number of carbonyl (C=O) groups is 1. The number of hydrogen-bond donors (Lipinski definition) is 2. The number of nitroso groups, excluding NO2 is 1. The zero-order valence-electron chi connectivity index (χ0n) is 15.3. The van der Waals surface area contributed by atoms with E-state index in [0.29, 0.717) is 22.6 Å². The van der Waals surface area contributed by atoms with Gasteiger partial charge in [-0.3, -0.25) is 4.79 Å². The molecule has 0 spiro atoms. The van der Waals surface area contributed by atoms with E-state index in [4.69, 9.17) is 9.47 Å². The lowest BCUT2D eigenvalue weighted by molar-refractivity contribution is -0.110. The summed E-state index contributed by atoms with van der Waals surface area (Å²) in [5, 5.41) is 22.3. The molecule has 0 saturated carbocycles. The van der Waals surface area contributed by atoms with Gasteiger partial charge in [0, 0.05) is 6.08 Å². The molecule has 0 aliphatic rings. The zero-order valence-corrected chi connectivity index (χ0v) is 15.3. The summed E-state index contributed by atoms with van der Waals surface area (Å²) in [5.41, 5.74) is 1.48. The van der Waals surface area contributed by atoms with Gasteiger partial charge in [-0.1, -0.05) is 24.3 Å². The highest BCUT2D eigenvalue weighted by Gasteiger charge is 2.04. The second kappa shape index (κ2) is 9.72. The van der Waals surface area contributed by atoms with E-state index in [-0.39, 0.29) is 17.2 Å². The third-order valence-electron chi connectivity index (χ3n) is 3.68. The van der Waals surface area contributed by atoms with Crippen molar-refractivity contribution in [2.45, 2.75) is 0 Å². The Labute approximate surface area is 161 Å². The van der Waals surface area contributed by atoms with Crippen molar-refractivity contribution >= 4 is 23.6 Å². The van der Waals surface area contributed by atoms with Crippen LogP contribution in [-0.2, 0) is 4.79 Å². The Kier molecular flexibility index (Phi) is 7.10. The summed E-state index contributed by atoms with van der Waals surface area (Å²) in [4.78, 5) is 22.6. The summed E-state index contributed by atoms with van der Waals surface area (Å²) < 4.78 is 10.1. The minimum atomic E-state index is -0.429. The summed E-state index contributed by atoms with van der Waals surface area (Å²) in [6.07, 6.45) is 6.78. The van der Waals surface area contributed by atoms with Crippen LogP contribution in [0.2, 0.25) is 0 Å². The van der Waals surface area contributed by atoms with E-state index in [2.05, 4.69) is 5.18 Å². The number of phenolic OH excluding ortho intramolecular Hbond substituents is 1. The molecule has 144 valence electrons. The van der Waals surface area contributed by atoms with E-state index in [1.165, 1.54) is 44.6 Å². The van der Waals surface area contributed by atoms with Crippen molar-refractivity contribution in [1.82, 2.24) is 0 Å². The van der Waals surface area contributed by atoms with Gasteiger partial charge in [0.1, 0.15) is 17.2 Å². The number of benzene rings is 2. The molecular formula is C21H19NO6. The molecule has 0 aromatic heterocycles. The molecule has 0 heterocycles. The molecule has 0 radical (unpaired) electrons. The molecule has 2 aromatic rings. The summed E-state index contributed by atoms with van der Waals surface area (Å²) >= 11 is 0. The Hall–Kier alpha value is -3.87. The maximum absolute atomic E-state index is 12.0.